The summed E-state index contributed by atoms with van der Waals surface area (Å²) in [5.74, 6) is -0.517. The van der Waals surface area contributed by atoms with E-state index in [2.05, 4.69) is 24.0 Å². The number of fused-ring (bicyclic) bond motifs is 1. The van der Waals surface area contributed by atoms with Crippen LogP contribution in [0, 0.1) is 11.3 Å². The van der Waals surface area contributed by atoms with Crippen LogP contribution in [-0.2, 0) is 17.6 Å². The van der Waals surface area contributed by atoms with Crippen LogP contribution in [-0.4, -0.2) is 24.4 Å². The molecular formula is C22H21N3O2. The SMILES string of the molecule is C=CC(=O)N(C)c1ccc(C(=O)NC2(C#N)CCc3ccccc3C2)cc1. The molecule has 0 heterocycles. The summed E-state index contributed by atoms with van der Waals surface area (Å²) >= 11 is 0. The third-order valence-corrected chi connectivity index (χ3v) is 5.02. The molecule has 0 aliphatic heterocycles. The topological polar surface area (TPSA) is 73.2 Å². The quantitative estimate of drug-likeness (QED) is 0.853. The molecule has 136 valence electrons. The standard InChI is InChI=1S/C22H21N3O2/c1-3-20(26)25(2)19-10-8-17(9-11-19)21(27)24-22(15-23)13-12-16-6-4-5-7-18(16)14-22/h3-11H,1,12-14H2,2H3,(H,24,27). The van der Waals surface area contributed by atoms with Gasteiger partial charge >= 0.3 is 0 Å². The van der Waals surface area contributed by atoms with Gasteiger partial charge in [0.15, 0.2) is 0 Å². The second-order valence-corrected chi connectivity index (χ2v) is 6.74. The fourth-order valence-corrected chi connectivity index (χ4v) is 3.36. The maximum absolute atomic E-state index is 12.7. The fraction of sp³-hybridized carbons (Fsp3) is 0.227. The van der Waals surface area contributed by atoms with Crippen molar-refractivity contribution in [1.82, 2.24) is 5.32 Å². The third-order valence-electron chi connectivity index (χ3n) is 5.02. The molecule has 2 aromatic rings. The summed E-state index contributed by atoms with van der Waals surface area (Å²) < 4.78 is 0. The lowest BCUT2D eigenvalue weighted by Gasteiger charge is -2.33. The maximum atomic E-state index is 12.7. The lowest BCUT2D eigenvalue weighted by molar-refractivity contribution is -0.113. The van der Waals surface area contributed by atoms with E-state index in [4.69, 9.17) is 0 Å². The summed E-state index contributed by atoms with van der Waals surface area (Å²) in [6.07, 6.45) is 3.08. The highest BCUT2D eigenvalue weighted by Gasteiger charge is 2.36. The molecule has 1 aliphatic carbocycles. The number of benzene rings is 2. The van der Waals surface area contributed by atoms with Crippen LogP contribution in [0.3, 0.4) is 0 Å². The number of aryl methyl sites for hydroxylation is 1. The molecule has 0 saturated heterocycles. The number of hydrogen-bond donors (Lipinski definition) is 1. The predicted molar refractivity (Wildman–Crippen MR) is 104 cm³/mol. The Morgan fingerprint density at radius 1 is 1.19 bits per heavy atom. The summed E-state index contributed by atoms with van der Waals surface area (Å²) in [6.45, 7) is 3.47. The molecule has 1 unspecified atom stereocenters. The van der Waals surface area contributed by atoms with E-state index >= 15 is 0 Å². The van der Waals surface area contributed by atoms with Gasteiger partial charge in [-0.2, -0.15) is 5.26 Å². The van der Waals surface area contributed by atoms with E-state index in [1.165, 1.54) is 16.5 Å². The average molecular weight is 359 g/mol. The van der Waals surface area contributed by atoms with Gasteiger partial charge in [0.05, 0.1) is 6.07 Å². The number of likely N-dealkylation sites (N-methyl/N-ethyl adjacent to an activating group) is 1. The first-order chi connectivity index (χ1) is 13.0. The minimum absolute atomic E-state index is 0.225. The Labute approximate surface area is 158 Å². The zero-order valence-electron chi connectivity index (χ0n) is 15.2. The van der Waals surface area contributed by atoms with Crippen molar-refractivity contribution in [2.45, 2.75) is 24.8 Å². The molecule has 3 rings (SSSR count). The van der Waals surface area contributed by atoms with Crippen molar-refractivity contribution in [2.24, 2.45) is 0 Å². The van der Waals surface area contributed by atoms with E-state index in [0.29, 0.717) is 24.1 Å². The molecule has 5 nitrogen and oxygen atoms in total. The number of anilines is 1. The van der Waals surface area contributed by atoms with Gasteiger partial charge in [0, 0.05) is 24.7 Å². The Kier molecular flexibility index (Phi) is 5.09. The van der Waals surface area contributed by atoms with Crippen LogP contribution in [0.2, 0.25) is 0 Å². The molecule has 0 fully saturated rings. The molecule has 1 aliphatic rings. The number of amides is 2. The van der Waals surface area contributed by atoms with E-state index in [0.717, 1.165) is 12.0 Å². The first kappa shape index (κ1) is 18.4. The van der Waals surface area contributed by atoms with Crippen LogP contribution in [0.25, 0.3) is 0 Å². The normalized spacial score (nSPS) is 17.9. The van der Waals surface area contributed by atoms with E-state index in [1.54, 1.807) is 31.3 Å². The Balaban J connectivity index is 1.76. The molecule has 2 aromatic carbocycles. The van der Waals surface area contributed by atoms with Gasteiger partial charge in [0.25, 0.3) is 5.91 Å². The van der Waals surface area contributed by atoms with Crippen LogP contribution < -0.4 is 10.2 Å². The summed E-state index contributed by atoms with van der Waals surface area (Å²) in [5.41, 5.74) is 2.55. The molecule has 0 aromatic heterocycles. The van der Waals surface area contributed by atoms with Gasteiger partial charge in [-0.25, -0.2) is 0 Å². The van der Waals surface area contributed by atoms with Gasteiger partial charge in [-0.1, -0.05) is 30.8 Å². The molecule has 0 saturated carbocycles. The number of hydrogen-bond acceptors (Lipinski definition) is 3. The molecule has 0 bridgehead atoms. The molecule has 5 heteroatoms. The van der Waals surface area contributed by atoms with E-state index in [-0.39, 0.29) is 11.8 Å². The zero-order valence-corrected chi connectivity index (χ0v) is 15.2. The third kappa shape index (κ3) is 3.75. The second kappa shape index (κ2) is 7.46. The van der Waals surface area contributed by atoms with Crippen molar-refractivity contribution < 1.29 is 9.59 Å². The highest BCUT2D eigenvalue weighted by molar-refractivity contribution is 6.01. The molecule has 27 heavy (non-hydrogen) atoms. The molecule has 0 radical (unpaired) electrons. The van der Waals surface area contributed by atoms with Crippen molar-refractivity contribution in [2.75, 3.05) is 11.9 Å². The maximum Gasteiger partial charge on any atom is 0.252 e. The molecule has 2 amide bonds. The lowest BCUT2D eigenvalue weighted by atomic mass is 9.78. The first-order valence-corrected chi connectivity index (χ1v) is 8.79. The first-order valence-electron chi connectivity index (χ1n) is 8.79. The fourth-order valence-electron chi connectivity index (χ4n) is 3.36. The predicted octanol–water partition coefficient (Wildman–Crippen LogP) is 3.02. The van der Waals surface area contributed by atoms with Gasteiger partial charge in [-0.3, -0.25) is 9.59 Å². The largest absolute Gasteiger partial charge is 0.333 e. The molecule has 1 N–H and O–H groups in total. The van der Waals surface area contributed by atoms with Crippen molar-refractivity contribution in [3.05, 3.63) is 77.9 Å². The molecular weight excluding hydrogens is 338 g/mol. The van der Waals surface area contributed by atoms with Gasteiger partial charge in [-0.15, -0.1) is 0 Å². The van der Waals surface area contributed by atoms with Crippen molar-refractivity contribution in [3.8, 4) is 6.07 Å². The Hall–Kier alpha value is -3.39. The highest BCUT2D eigenvalue weighted by Crippen LogP contribution is 2.28. The average Bonchev–Trinajstić information content (AvgIpc) is 2.72. The Morgan fingerprint density at radius 2 is 1.85 bits per heavy atom. The number of nitrogens with one attached hydrogen (secondary N) is 1. The Morgan fingerprint density at radius 3 is 2.48 bits per heavy atom. The van der Waals surface area contributed by atoms with E-state index < -0.39 is 5.54 Å². The number of nitriles is 1. The minimum atomic E-state index is -0.903. The van der Waals surface area contributed by atoms with Gasteiger partial charge in [0.2, 0.25) is 5.91 Å². The number of carbonyl (C=O) groups excluding carboxylic acids is 2. The summed E-state index contributed by atoms with van der Waals surface area (Å²) in [7, 11) is 1.64. The molecule has 1 atom stereocenters. The van der Waals surface area contributed by atoms with Crippen LogP contribution in [0.1, 0.15) is 27.9 Å². The van der Waals surface area contributed by atoms with Crippen LogP contribution in [0.5, 0.6) is 0 Å². The van der Waals surface area contributed by atoms with Crippen molar-refractivity contribution >= 4 is 17.5 Å². The number of nitrogens with zero attached hydrogens (tertiary/aromatic N) is 2. The van der Waals surface area contributed by atoms with E-state index in [1.807, 2.05) is 18.2 Å². The Bertz CT molecular complexity index is 927. The highest BCUT2D eigenvalue weighted by atomic mass is 16.2. The van der Waals surface area contributed by atoms with E-state index in [9.17, 15) is 14.9 Å². The zero-order chi connectivity index (χ0) is 19.4. The number of rotatable bonds is 4. The van der Waals surface area contributed by atoms with Crippen LogP contribution >= 0.6 is 0 Å². The van der Waals surface area contributed by atoms with Crippen molar-refractivity contribution in [3.63, 3.8) is 0 Å². The smallest absolute Gasteiger partial charge is 0.252 e. The van der Waals surface area contributed by atoms with Gasteiger partial charge in [-0.05, 0) is 54.3 Å². The number of carbonyl (C=O) groups is 2. The monoisotopic (exact) mass is 359 g/mol. The lowest BCUT2D eigenvalue weighted by Crippen LogP contribution is -2.51. The summed E-state index contributed by atoms with van der Waals surface area (Å²) in [4.78, 5) is 25.8. The van der Waals surface area contributed by atoms with Gasteiger partial charge < -0.3 is 10.2 Å². The second-order valence-electron chi connectivity index (χ2n) is 6.74. The summed E-state index contributed by atoms with van der Waals surface area (Å²) in [6, 6.07) is 17.0. The van der Waals surface area contributed by atoms with Crippen LogP contribution in [0.15, 0.2) is 61.2 Å². The van der Waals surface area contributed by atoms with Gasteiger partial charge in [0.1, 0.15) is 5.54 Å². The molecule has 0 spiro atoms. The minimum Gasteiger partial charge on any atom is -0.333 e. The van der Waals surface area contributed by atoms with Crippen LogP contribution in [0.4, 0.5) is 5.69 Å². The van der Waals surface area contributed by atoms with Crippen molar-refractivity contribution in [1.29, 1.82) is 5.26 Å². The summed E-state index contributed by atoms with van der Waals surface area (Å²) in [5, 5.41) is 12.7.